The molecule has 0 aromatic heterocycles. The van der Waals surface area contributed by atoms with Crippen LogP contribution in [0.5, 0.6) is 0 Å². The standard InChI is InChI=1S/C64H124O6/c1-4-7-10-13-15-17-19-21-23-25-27-29-30-31-32-33-35-36-38-40-42-44-46-48-51-54-57-63(66)69-60-61(59-68-62(65)56-53-50-12-9-6-3)70-64(67)58-55-52-49-47-45-43-41-39-37-34-28-26-24-22-20-18-16-14-11-8-5-2/h61H,4-60H2,1-3H3. The van der Waals surface area contributed by atoms with Gasteiger partial charge in [-0.2, -0.15) is 0 Å². The van der Waals surface area contributed by atoms with Crippen molar-refractivity contribution in [1.29, 1.82) is 0 Å². The van der Waals surface area contributed by atoms with E-state index in [9.17, 15) is 14.4 Å². The Morgan fingerprint density at radius 1 is 0.229 bits per heavy atom. The van der Waals surface area contributed by atoms with Crippen LogP contribution in [0.2, 0.25) is 0 Å². The Morgan fingerprint density at radius 3 is 0.571 bits per heavy atom. The largest absolute Gasteiger partial charge is 0.462 e. The molecule has 0 rings (SSSR count). The Hall–Kier alpha value is -1.59. The first-order valence-electron chi connectivity index (χ1n) is 32.0. The Morgan fingerprint density at radius 2 is 0.386 bits per heavy atom. The van der Waals surface area contributed by atoms with E-state index in [1.54, 1.807) is 0 Å². The number of hydrogen-bond acceptors (Lipinski definition) is 6. The summed E-state index contributed by atoms with van der Waals surface area (Å²) in [7, 11) is 0. The lowest BCUT2D eigenvalue weighted by atomic mass is 10.0. The second-order valence-corrected chi connectivity index (χ2v) is 22.1. The van der Waals surface area contributed by atoms with Crippen LogP contribution in [-0.2, 0) is 28.6 Å². The highest BCUT2D eigenvalue weighted by molar-refractivity contribution is 5.71. The van der Waals surface area contributed by atoms with Gasteiger partial charge in [0.15, 0.2) is 6.10 Å². The average molecular weight is 990 g/mol. The lowest BCUT2D eigenvalue weighted by Gasteiger charge is -2.18. The van der Waals surface area contributed by atoms with E-state index < -0.39 is 6.10 Å². The Kier molecular flexibility index (Phi) is 58.6. The van der Waals surface area contributed by atoms with Crippen LogP contribution in [0.3, 0.4) is 0 Å². The van der Waals surface area contributed by atoms with E-state index in [2.05, 4.69) is 20.8 Å². The number of carbonyl (C=O) groups is 3. The van der Waals surface area contributed by atoms with Crippen molar-refractivity contribution in [2.24, 2.45) is 0 Å². The number of rotatable bonds is 60. The maximum atomic E-state index is 12.8. The minimum atomic E-state index is -0.760. The quantitative estimate of drug-likeness (QED) is 0.0343. The van der Waals surface area contributed by atoms with Gasteiger partial charge in [-0.25, -0.2) is 0 Å². The third kappa shape index (κ3) is 57.3. The van der Waals surface area contributed by atoms with Gasteiger partial charge in [0.05, 0.1) is 0 Å². The Balaban J connectivity index is 3.94. The summed E-state index contributed by atoms with van der Waals surface area (Å²) in [6.45, 7) is 6.64. The lowest BCUT2D eigenvalue weighted by Crippen LogP contribution is -2.30. The van der Waals surface area contributed by atoms with Crippen LogP contribution in [0.4, 0.5) is 0 Å². The molecule has 0 saturated heterocycles. The molecule has 6 heteroatoms. The molecule has 0 N–H and O–H groups in total. The maximum Gasteiger partial charge on any atom is 0.306 e. The van der Waals surface area contributed by atoms with E-state index in [0.29, 0.717) is 19.3 Å². The van der Waals surface area contributed by atoms with Crippen molar-refractivity contribution in [3.63, 3.8) is 0 Å². The van der Waals surface area contributed by atoms with Crippen molar-refractivity contribution in [2.45, 2.75) is 380 Å². The summed E-state index contributed by atoms with van der Waals surface area (Å²) in [5, 5.41) is 0. The van der Waals surface area contributed by atoms with Crippen molar-refractivity contribution >= 4 is 17.9 Å². The molecule has 0 aliphatic heterocycles. The molecule has 0 fully saturated rings. The summed E-state index contributed by atoms with van der Waals surface area (Å²) in [6.07, 6.45) is 68.9. The van der Waals surface area contributed by atoms with Gasteiger partial charge in [0.25, 0.3) is 0 Å². The molecule has 70 heavy (non-hydrogen) atoms. The van der Waals surface area contributed by atoms with Gasteiger partial charge in [-0.1, -0.05) is 335 Å². The second-order valence-electron chi connectivity index (χ2n) is 22.1. The summed E-state index contributed by atoms with van der Waals surface area (Å²) in [6, 6.07) is 0. The first-order chi connectivity index (χ1) is 34.5. The Bertz CT molecular complexity index is 1040. The van der Waals surface area contributed by atoms with Crippen molar-refractivity contribution in [3.8, 4) is 0 Å². The predicted octanol–water partition coefficient (Wildman–Crippen LogP) is 21.5. The summed E-state index contributed by atoms with van der Waals surface area (Å²) in [5.41, 5.74) is 0. The molecule has 0 aliphatic carbocycles. The highest BCUT2D eigenvalue weighted by atomic mass is 16.6. The summed E-state index contributed by atoms with van der Waals surface area (Å²) >= 11 is 0. The van der Waals surface area contributed by atoms with Crippen molar-refractivity contribution in [2.75, 3.05) is 13.2 Å². The molecule has 0 heterocycles. The van der Waals surface area contributed by atoms with Gasteiger partial charge >= 0.3 is 17.9 Å². The number of esters is 3. The van der Waals surface area contributed by atoms with Crippen molar-refractivity contribution in [3.05, 3.63) is 0 Å². The summed E-state index contributed by atoms with van der Waals surface area (Å²) in [5.74, 6) is -0.847. The Labute approximate surface area is 438 Å². The first-order valence-corrected chi connectivity index (χ1v) is 32.0. The highest BCUT2D eigenvalue weighted by Crippen LogP contribution is 2.19. The normalized spacial score (nSPS) is 11.9. The van der Waals surface area contributed by atoms with Crippen LogP contribution in [0.25, 0.3) is 0 Å². The third-order valence-corrected chi connectivity index (χ3v) is 14.9. The fraction of sp³-hybridized carbons (Fsp3) is 0.953. The highest BCUT2D eigenvalue weighted by Gasteiger charge is 2.19. The topological polar surface area (TPSA) is 78.9 Å². The van der Waals surface area contributed by atoms with Crippen LogP contribution in [0.15, 0.2) is 0 Å². The van der Waals surface area contributed by atoms with Gasteiger partial charge in [0, 0.05) is 19.3 Å². The van der Waals surface area contributed by atoms with Crippen LogP contribution in [0, 0.1) is 0 Å². The maximum absolute atomic E-state index is 12.8. The molecule has 0 amide bonds. The smallest absolute Gasteiger partial charge is 0.306 e. The van der Waals surface area contributed by atoms with E-state index in [-0.39, 0.29) is 31.1 Å². The van der Waals surface area contributed by atoms with Gasteiger partial charge < -0.3 is 14.2 Å². The zero-order valence-electron chi connectivity index (χ0n) is 47.8. The molecule has 0 bridgehead atoms. The molecule has 0 aromatic rings. The minimum absolute atomic E-state index is 0.0624. The SMILES string of the molecule is CCCCCCCCCCCCCCCCCCCCCCCCCCCCC(=O)OCC(COC(=O)CCCCCCC)OC(=O)CCCCCCCCCCCCCCCCCCCCCCC. The van der Waals surface area contributed by atoms with E-state index in [1.165, 1.54) is 270 Å². The van der Waals surface area contributed by atoms with Crippen molar-refractivity contribution < 1.29 is 28.6 Å². The minimum Gasteiger partial charge on any atom is -0.462 e. The summed E-state index contributed by atoms with van der Waals surface area (Å²) < 4.78 is 16.8. The average Bonchev–Trinajstić information content (AvgIpc) is 3.36. The molecule has 0 aromatic carbocycles. The molecule has 1 atom stereocenters. The van der Waals surface area contributed by atoms with Crippen LogP contribution in [-0.4, -0.2) is 37.2 Å². The van der Waals surface area contributed by atoms with E-state index in [4.69, 9.17) is 14.2 Å². The third-order valence-electron chi connectivity index (χ3n) is 14.9. The zero-order chi connectivity index (χ0) is 50.7. The molecule has 6 nitrogen and oxygen atoms in total. The molecule has 0 aliphatic rings. The first kappa shape index (κ1) is 68.4. The van der Waals surface area contributed by atoms with Crippen molar-refractivity contribution in [1.82, 2.24) is 0 Å². The van der Waals surface area contributed by atoms with Gasteiger partial charge in [-0.3, -0.25) is 14.4 Å². The fourth-order valence-corrected chi connectivity index (χ4v) is 10.0. The zero-order valence-corrected chi connectivity index (χ0v) is 47.8. The number of unbranched alkanes of at least 4 members (excludes halogenated alkanes) is 49. The number of hydrogen-bond donors (Lipinski definition) is 0. The van der Waals surface area contributed by atoms with Gasteiger partial charge in [-0.05, 0) is 19.3 Å². The molecule has 0 spiro atoms. The second kappa shape index (κ2) is 60.0. The van der Waals surface area contributed by atoms with Gasteiger partial charge in [0.2, 0.25) is 0 Å². The monoisotopic (exact) mass is 989 g/mol. The van der Waals surface area contributed by atoms with Crippen LogP contribution < -0.4 is 0 Å². The number of ether oxygens (including phenoxy) is 3. The van der Waals surface area contributed by atoms with E-state index in [0.717, 1.165) is 64.2 Å². The van der Waals surface area contributed by atoms with E-state index >= 15 is 0 Å². The molecular weight excluding hydrogens is 865 g/mol. The fourth-order valence-electron chi connectivity index (χ4n) is 10.0. The van der Waals surface area contributed by atoms with Crippen LogP contribution in [0.1, 0.15) is 374 Å². The van der Waals surface area contributed by atoms with Gasteiger partial charge in [-0.15, -0.1) is 0 Å². The van der Waals surface area contributed by atoms with E-state index in [1.807, 2.05) is 0 Å². The molecule has 416 valence electrons. The lowest BCUT2D eigenvalue weighted by molar-refractivity contribution is -0.167. The number of carbonyl (C=O) groups excluding carboxylic acids is 3. The predicted molar refractivity (Wildman–Crippen MR) is 303 cm³/mol. The summed E-state index contributed by atoms with van der Waals surface area (Å²) in [4.78, 5) is 37.9. The van der Waals surface area contributed by atoms with Gasteiger partial charge in [0.1, 0.15) is 13.2 Å². The molecule has 1 unspecified atom stereocenters. The molecular formula is C64H124O6. The van der Waals surface area contributed by atoms with Crippen LogP contribution >= 0.6 is 0 Å². The molecule has 0 saturated carbocycles. The molecule has 0 radical (unpaired) electrons.